The van der Waals surface area contributed by atoms with E-state index in [4.69, 9.17) is 10.5 Å². The van der Waals surface area contributed by atoms with E-state index in [1.165, 1.54) is 6.07 Å². The second kappa shape index (κ2) is 5.58. The Hall–Kier alpha value is -1.71. The average Bonchev–Trinajstić information content (AvgIpc) is 2.37. The summed E-state index contributed by atoms with van der Waals surface area (Å²) in [5.41, 5.74) is 4.53. The summed E-state index contributed by atoms with van der Waals surface area (Å²) in [6.45, 7) is 2.64. The van der Waals surface area contributed by atoms with Crippen LogP contribution in [0.15, 0.2) is 23.1 Å². The maximum atomic E-state index is 12.5. The standard InChI is InChI=1S/C12H17N3O5S/c1-12(4-6-20-7-5-12)14-21(18,19)11-8-9(13)2-3-10(11)15(16)17/h2-3,8,14H,4-7,13H2,1H3. The Morgan fingerprint density at radius 1 is 1.38 bits per heavy atom. The van der Waals surface area contributed by atoms with E-state index in [-0.39, 0.29) is 5.69 Å². The highest BCUT2D eigenvalue weighted by atomic mass is 32.2. The van der Waals surface area contributed by atoms with Crippen LogP contribution in [-0.4, -0.2) is 32.1 Å². The second-order valence-electron chi connectivity index (χ2n) is 5.26. The first-order valence-corrected chi connectivity index (χ1v) is 7.87. The summed E-state index contributed by atoms with van der Waals surface area (Å²) in [5.74, 6) is 0. The molecule has 1 saturated heterocycles. The molecule has 9 heteroatoms. The number of sulfonamides is 1. The van der Waals surface area contributed by atoms with Crippen molar-refractivity contribution >= 4 is 21.4 Å². The second-order valence-corrected chi connectivity index (χ2v) is 6.91. The fourth-order valence-electron chi connectivity index (χ4n) is 2.20. The number of nitro benzene ring substituents is 1. The van der Waals surface area contributed by atoms with Gasteiger partial charge in [-0.2, -0.15) is 0 Å². The monoisotopic (exact) mass is 315 g/mol. The number of nitrogens with zero attached hydrogens (tertiary/aromatic N) is 1. The fourth-order valence-corrected chi connectivity index (χ4v) is 3.87. The average molecular weight is 315 g/mol. The number of anilines is 1. The zero-order valence-electron chi connectivity index (χ0n) is 11.5. The van der Waals surface area contributed by atoms with E-state index in [1.807, 2.05) is 0 Å². The highest BCUT2D eigenvalue weighted by Crippen LogP contribution is 2.29. The molecule has 0 atom stereocenters. The number of nitrogens with two attached hydrogens (primary N) is 1. The van der Waals surface area contributed by atoms with Gasteiger partial charge in [-0.1, -0.05) is 0 Å². The summed E-state index contributed by atoms with van der Waals surface area (Å²) in [5, 5.41) is 11.0. The molecule has 0 spiro atoms. The summed E-state index contributed by atoms with van der Waals surface area (Å²) < 4.78 is 32.7. The van der Waals surface area contributed by atoms with Gasteiger partial charge in [-0.3, -0.25) is 10.1 Å². The first-order chi connectivity index (χ1) is 9.73. The third-order valence-electron chi connectivity index (χ3n) is 3.45. The molecule has 1 aliphatic heterocycles. The van der Waals surface area contributed by atoms with Crippen LogP contribution in [0, 0.1) is 10.1 Å². The largest absolute Gasteiger partial charge is 0.399 e. The number of hydrogen-bond donors (Lipinski definition) is 2. The number of nitrogens with one attached hydrogen (secondary N) is 1. The molecular formula is C12H17N3O5S. The fraction of sp³-hybridized carbons (Fsp3) is 0.500. The molecule has 1 aromatic rings. The van der Waals surface area contributed by atoms with Gasteiger partial charge in [-0.05, 0) is 31.9 Å². The van der Waals surface area contributed by atoms with Crippen LogP contribution in [0.5, 0.6) is 0 Å². The normalized spacial score (nSPS) is 18.3. The van der Waals surface area contributed by atoms with Crippen LogP contribution in [0.1, 0.15) is 19.8 Å². The smallest absolute Gasteiger partial charge is 0.289 e. The van der Waals surface area contributed by atoms with Crippen molar-refractivity contribution in [2.45, 2.75) is 30.2 Å². The van der Waals surface area contributed by atoms with Gasteiger partial charge in [0.05, 0.1) is 4.92 Å². The number of nitro groups is 1. The Labute approximate surface area is 122 Å². The predicted molar refractivity (Wildman–Crippen MR) is 76.3 cm³/mol. The van der Waals surface area contributed by atoms with E-state index in [0.29, 0.717) is 26.1 Å². The molecule has 3 N–H and O–H groups in total. The quantitative estimate of drug-likeness (QED) is 0.485. The maximum Gasteiger partial charge on any atom is 0.289 e. The highest BCUT2D eigenvalue weighted by molar-refractivity contribution is 7.89. The summed E-state index contributed by atoms with van der Waals surface area (Å²) in [6.07, 6.45) is 1.00. The van der Waals surface area contributed by atoms with Crippen LogP contribution in [0.3, 0.4) is 0 Å². The van der Waals surface area contributed by atoms with Crippen molar-refractivity contribution < 1.29 is 18.1 Å². The summed E-state index contributed by atoms with van der Waals surface area (Å²) in [4.78, 5) is 9.85. The number of nitrogen functional groups attached to an aromatic ring is 1. The van der Waals surface area contributed by atoms with Gasteiger partial charge in [0.15, 0.2) is 4.90 Å². The molecule has 116 valence electrons. The Balaban J connectivity index is 2.39. The molecular weight excluding hydrogens is 298 g/mol. The summed E-state index contributed by atoms with van der Waals surface area (Å²) >= 11 is 0. The van der Waals surface area contributed by atoms with Gasteiger partial charge in [0, 0.05) is 30.5 Å². The number of benzene rings is 1. The van der Waals surface area contributed by atoms with Crippen LogP contribution in [0.2, 0.25) is 0 Å². The Morgan fingerprint density at radius 3 is 2.57 bits per heavy atom. The van der Waals surface area contributed by atoms with Gasteiger partial charge in [-0.15, -0.1) is 0 Å². The van der Waals surface area contributed by atoms with E-state index >= 15 is 0 Å². The minimum atomic E-state index is -4.04. The van der Waals surface area contributed by atoms with Crippen LogP contribution in [-0.2, 0) is 14.8 Å². The topological polar surface area (TPSA) is 125 Å². The molecule has 0 amide bonds. The minimum absolute atomic E-state index is 0.151. The van der Waals surface area contributed by atoms with Crippen LogP contribution in [0.4, 0.5) is 11.4 Å². The first-order valence-electron chi connectivity index (χ1n) is 6.39. The molecule has 0 aliphatic carbocycles. The Kier molecular flexibility index (Phi) is 4.17. The highest BCUT2D eigenvalue weighted by Gasteiger charge is 2.35. The van der Waals surface area contributed by atoms with Gasteiger partial charge >= 0.3 is 0 Å². The minimum Gasteiger partial charge on any atom is -0.399 e. The van der Waals surface area contributed by atoms with Gasteiger partial charge in [-0.25, -0.2) is 13.1 Å². The third-order valence-corrected chi connectivity index (χ3v) is 5.11. The van der Waals surface area contributed by atoms with Gasteiger partial charge in [0.1, 0.15) is 0 Å². The summed E-state index contributed by atoms with van der Waals surface area (Å²) in [7, 11) is -4.04. The van der Waals surface area contributed by atoms with Crippen molar-refractivity contribution in [1.29, 1.82) is 0 Å². The van der Waals surface area contributed by atoms with E-state index in [2.05, 4.69) is 4.72 Å². The third kappa shape index (κ3) is 3.49. The Bertz CT molecular complexity index is 653. The predicted octanol–water partition coefficient (Wildman–Crippen LogP) is 1.02. The molecule has 2 rings (SSSR count). The number of hydrogen-bond acceptors (Lipinski definition) is 6. The molecule has 1 fully saturated rings. The first kappa shape index (κ1) is 15.7. The summed E-state index contributed by atoms with van der Waals surface area (Å²) in [6, 6.07) is 3.49. The molecule has 1 aromatic carbocycles. The van der Waals surface area contributed by atoms with E-state index in [0.717, 1.165) is 12.1 Å². The molecule has 8 nitrogen and oxygen atoms in total. The van der Waals surface area contributed by atoms with Crippen molar-refractivity contribution in [3.8, 4) is 0 Å². The van der Waals surface area contributed by atoms with E-state index in [9.17, 15) is 18.5 Å². The van der Waals surface area contributed by atoms with E-state index in [1.54, 1.807) is 6.92 Å². The van der Waals surface area contributed by atoms with Gasteiger partial charge in [0.2, 0.25) is 10.0 Å². The molecule has 0 radical (unpaired) electrons. The molecule has 0 aromatic heterocycles. The van der Waals surface area contributed by atoms with Crippen molar-refractivity contribution in [1.82, 2.24) is 4.72 Å². The van der Waals surface area contributed by atoms with Crippen LogP contribution < -0.4 is 10.5 Å². The maximum absolute atomic E-state index is 12.5. The molecule has 21 heavy (non-hydrogen) atoms. The van der Waals surface area contributed by atoms with E-state index < -0.39 is 31.1 Å². The van der Waals surface area contributed by atoms with Crippen molar-refractivity contribution in [2.75, 3.05) is 18.9 Å². The lowest BCUT2D eigenvalue weighted by Crippen LogP contribution is -2.49. The number of rotatable bonds is 4. The van der Waals surface area contributed by atoms with Crippen LogP contribution >= 0.6 is 0 Å². The Morgan fingerprint density at radius 2 is 2.00 bits per heavy atom. The SMILES string of the molecule is CC1(NS(=O)(=O)c2cc(N)ccc2[N+](=O)[O-])CCOCC1. The van der Waals surface area contributed by atoms with Crippen molar-refractivity contribution in [2.24, 2.45) is 0 Å². The molecule has 1 aliphatic rings. The zero-order valence-corrected chi connectivity index (χ0v) is 12.4. The number of ether oxygens (including phenoxy) is 1. The zero-order chi connectivity index (χ0) is 15.7. The van der Waals surface area contributed by atoms with Gasteiger partial charge in [0.25, 0.3) is 5.69 Å². The lowest BCUT2D eigenvalue weighted by Gasteiger charge is -2.33. The van der Waals surface area contributed by atoms with Crippen molar-refractivity contribution in [3.05, 3.63) is 28.3 Å². The van der Waals surface area contributed by atoms with Crippen LogP contribution in [0.25, 0.3) is 0 Å². The lowest BCUT2D eigenvalue weighted by atomic mass is 9.94. The lowest BCUT2D eigenvalue weighted by molar-refractivity contribution is -0.387. The molecule has 0 unspecified atom stereocenters. The molecule has 0 bridgehead atoms. The molecule has 1 heterocycles. The molecule has 0 saturated carbocycles. The van der Waals surface area contributed by atoms with Crippen molar-refractivity contribution in [3.63, 3.8) is 0 Å². The van der Waals surface area contributed by atoms with Gasteiger partial charge < -0.3 is 10.5 Å².